The topological polar surface area (TPSA) is 25.8 Å². The van der Waals surface area contributed by atoms with Crippen LogP contribution < -0.4 is 0 Å². The molecule has 2 heteroatoms. The minimum Gasteiger partial charge on any atom is -0.228 e. The number of rotatable bonds is 4. The third-order valence-corrected chi connectivity index (χ3v) is 11.5. The fourth-order valence-corrected chi connectivity index (χ4v) is 9.16. The lowest BCUT2D eigenvalue weighted by Crippen LogP contribution is -2.29. The third kappa shape index (κ3) is 4.82. The van der Waals surface area contributed by atoms with Crippen LogP contribution in [0.25, 0.3) is 78.4 Å². The van der Waals surface area contributed by atoms with E-state index in [0.717, 1.165) is 33.6 Å². The Balaban J connectivity index is 1.15. The Kier molecular flexibility index (Phi) is 7.11. The zero-order chi connectivity index (χ0) is 36.3. The minimum absolute atomic E-state index is 0.513. The third-order valence-electron chi connectivity index (χ3n) is 11.5. The SMILES string of the molecule is c1ccc(-c2cccc(-c3cc(-c4ccc5c(c4)-c4ccccc4C54c5ccccc5-c5ccccc5-c5ccccc54)nc(-c4ccccc4)n3)c2)cc1. The van der Waals surface area contributed by atoms with Crippen molar-refractivity contribution in [3.8, 4) is 78.4 Å². The predicted octanol–water partition coefficient (Wildman–Crippen LogP) is 13.2. The molecular formula is C53H34N2. The summed E-state index contributed by atoms with van der Waals surface area (Å²) in [5.74, 6) is 0.708. The number of benzene rings is 8. The van der Waals surface area contributed by atoms with Crippen molar-refractivity contribution in [1.29, 1.82) is 0 Å². The maximum atomic E-state index is 5.27. The molecule has 0 fully saturated rings. The van der Waals surface area contributed by atoms with Crippen LogP contribution in [0.5, 0.6) is 0 Å². The van der Waals surface area contributed by atoms with Gasteiger partial charge in [0.15, 0.2) is 5.82 Å². The number of aromatic nitrogens is 2. The molecule has 1 spiro atoms. The summed E-state index contributed by atoms with van der Waals surface area (Å²) in [4.78, 5) is 10.4. The van der Waals surface area contributed by atoms with E-state index in [1.807, 2.05) is 18.2 Å². The van der Waals surface area contributed by atoms with Crippen molar-refractivity contribution in [2.75, 3.05) is 0 Å². The van der Waals surface area contributed by atoms with Gasteiger partial charge in [-0.1, -0.05) is 188 Å². The molecule has 1 heterocycles. The highest BCUT2D eigenvalue weighted by Crippen LogP contribution is 2.61. The lowest BCUT2D eigenvalue weighted by molar-refractivity contribution is 0.775. The van der Waals surface area contributed by atoms with Crippen molar-refractivity contribution >= 4 is 0 Å². The van der Waals surface area contributed by atoms with E-state index in [9.17, 15) is 0 Å². The van der Waals surface area contributed by atoms with E-state index in [1.165, 1.54) is 61.2 Å². The number of nitrogens with zero attached hydrogens (tertiary/aromatic N) is 2. The Hall–Kier alpha value is -7.16. The second kappa shape index (κ2) is 12.5. The fourth-order valence-electron chi connectivity index (χ4n) is 9.16. The van der Waals surface area contributed by atoms with Crippen LogP contribution in [0.3, 0.4) is 0 Å². The van der Waals surface area contributed by atoms with Crippen LogP contribution in [-0.4, -0.2) is 9.97 Å². The number of hydrogen-bond donors (Lipinski definition) is 0. The van der Waals surface area contributed by atoms with Gasteiger partial charge in [0.05, 0.1) is 16.8 Å². The maximum Gasteiger partial charge on any atom is 0.160 e. The molecule has 9 aromatic rings. The molecule has 0 N–H and O–H groups in total. The van der Waals surface area contributed by atoms with E-state index in [4.69, 9.17) is 9.97 Å². The van der Waals surface area contributed by atoms with Crippen molar-refractivity contribution in [2.45, 2.75) is 5.41 Å². The molecule has 0 aliphatic heterocycles. The first-order valence-corrected chi connectivity index (χ1v) is 18.9. The predicted molar refractivity (Wildman–Crippen MR) is 226 cm³/mol. The molecule has 0 unspecified atom stereocenters. The van der Waals surface area contributed by atoms with E-state index >= 15 is 0 Å². The summed E-state index contributed by atoms with van der Waals surface area (Å²) in [5.41, 5.74) is 19.5. The molecule has 0 atom stereocenters. The number of hydrogen-bond acceptors (Lipinski definition) is 2. The van der Waals surface area contributed by atoms with E-state index in [0.29, 0.717) is 5.82 Å². The molecule has 0 bridgehead atoms. The van der Waals surface area contributed by atoms with Gasteiger partial charge in [-0.3, -0.25) is 0 Å². The Morgan fingerprint density at radius 1 is 0.255 bits per heavy atom. The van der Waals surface area contributed by atoms with Crippen molar-refractivity contribution in [3.05, 3.63) is 229 Å². The van der Waals surface area contributed by atoms with Crippen LogP contribution >= 0.6 is 0 Å². The standard InChI is InChI=1S/C53H34N2/c1-3-16-35(17-4-1)37-20-15-21-38(32-37)50-34-51(55-52(54-50)36-18-5-2-6-19-36)39-30-31-49-45(33-39)44-26-11-14-29-48(44)53(49)46-27-12-9-24-42(46)40-22-7-8-23-41(40)43-25-10-13-28-47(43)53/h1-34H. The lowest BCUT2D eigenvalue weighted by Gasteiger charge is -2.35. The molecular weight excluding hydrogens is 665 g/mol. The van der Waals surface area contributed by atoms with Crippen molar-refractivity contribution in [1.82, 2.24) is 9.97 Å². The van der Waals surface area contributed by atoms with E-state index in [2.05, 4.69) is 188 Å². The maximum absolute atomic E-state index is 5.27. The fraction of sp³-hybridized carbons (Fsp3) is 0.0189. The highest BCUT2D eigenvalue weighted by atomic mass is 14.9. The molecule has 55 heavy (non-hydrogen) atoms. The van der Waals surface area contributed by atoms with E-state index < -0.39 is 5.41 Å². The van der Waals surface area contributed by atoms with Gasteiger partial charge in [0, 0.05) is 16.7 Å². The summed E-state index contributed by atoms with van der Waals surface area (Å²) in [6.07, 6.45) is 0. The molecule has 0 amide bonds. The summed E-state index contributed by atoms with van der Waals surface area (Å²) < 4.78 is 0. The molecule has 256 valence electrons. The lowest BCUT2D eigenvalue weighted by atomic mass is 9.66. The van der Waals surface area contributed by atoms with Crippen LogP contribution in [0, 0.1) is 0 Å². The number of fused-ring (bicyclic) bond motifs is 12. The molecule has 2 aliphatic rings. The van der Waals surface area contributed by atoms with Crippen molar-refractivity contribution < 1.29 is 0 Å². The molecule has 2 nitrogen and oxygen atoms in total. The molecule has 1 aromatic heterocycles. The second-order valence-corrected chi connectivity index (χ2v) is 14.5. The van der Waals surface area contributed by atoms with Gasteiger partial charge in [-0.05, 0) is 85.0 Å². The highest BCUT2D eigenvalue weighted by molar-refractivity contribution is 5.98. The van der Waals surface area contributed by atoms with Crippen molar-refractivity contribution in [2.24, 2.45) is 0 Å². The Morgan fingerprint density at radius 2 is 0.673 bits per heavy atom. The normalized spacial score (nSPS) is 12.9. The molecule has 8 aromatic carbocycles. The van der Waals surface area contributed by atoms with Gasteiger partial charge < -0.3 is 0 Å². The van der Waals surface area contributed by atoms with Crippen LogP contribution in [0.1, 0.15) is 22.3 Å². The minimum atomic E-state index is -0.513. The van der Waals surface area contributed by atoms with Gasteiger partial charge in [0.25, 0.3) is 0 Å². The quantitative estimate of drug-likeness (QED) is 0.183. The first-order valence-electron chi connectivity index (χ1n) is 18.9. The Labute approximate surface area is 321 Å². The first-order chi connectivity index (χ1) is 27.3. The van der Waals surface area contributed by atoms with Crippen LogP contribution in [0.15, 0.2) is 206 Å². The van der Waals surface area contributed by atoms with Gasteiger partial charge in [0.1, 0.15) is 0 Å². The monoisotopic (exact) mass is 698 g/mol. The highest BCUT2D eigenvalue weighted by Gasteiger charge is 2.49. The zero-order valence-electron chi connectivity index (χ0n) is 30.0. The largest absolute Gasteiger partial charge is 0.228 e. The van der Waals surface area contributed by atoms with Gasteiger partial charge in [0.2, 0.25) is 0 Å². The first kappa shape index (κ1) is 31.4. The van der Waals surface area contributed by atoms with Crippen LogP contribution in [-0.2, 0) is 5.41 Å². The summed E-state index contributed by atoms with van der Waals surface area (Å²) in [7, 11) is 0. The average Bonchev–Trinajstić information content (AvgIpc) is 3.51. The van der Waals surface area contributed by atoms with Gasteiger partial charge >= 0.3 is 0 Å². The molecule has 11 rings (SSSR count). The van der Waals surface area contributed by atoms with Crippen LogP contribution in [0.2, 0.25) is 0 Å². The second-order valence-electron chi connectivity index (χ2n) is 14.5. The molecule has 0 radical (unpaired) electrons. The molecule has 0 saturated carbocycles. The summed E-state index contributed by atoms with van der Waals surface area (Å²) in [6.45, 7) is 0. The van der Waals surface area contributed by atoms with Crippen molar-refractivity contribution in [3.63, 3.8) is 0 Å². The summed E-state index contributed by atoms with van der Waals surface area (Å²) in [5, 5.41) is 0. The Morgan fingerprint density at radius 3 is 1.25 bits per heavy atom. The van der Waals surface area contributed by atoms with Gasteiger partial charge in [-0.25, -0.2) is 9.97 Å². The van der Waals surface area contributed by atoms with Crippen LogP contribution in [0.4, 0.5) is 0 Å². The smallest absolute Gasteiger partial charge is 0.160 e. The molecule has 0 saturated heterocycles. The van der Waals surface area contributed by atoms with Gasteiger partial charge in [-0.2, -0.15) is 0 Å². The summed E-state index contributed by atoms with van der Waals surface area (Å²) in [6, 6.07) is 74.6. The Bertz CT molecular complexity index is 2860. The zero-order valence-corrected chi connectivity index (χ0v) is 30.0. The van der Waals surface area contributed by atoms with E-state index in [1.54, 1.807) is 0 Å². The average molecular weight is 699 g/mol. The van der Waals surface area contributed by atoms with E-state index in [-0.39, 0.29) is 0 Å². The van der Waals surface area contributed by atoms with Gasteiger partial charge in [-0.15, -0.1) is 0 Å². The molecule has 2 aliphatic carbocycles. The summed E-state index contributed by atoms with van der Waals surface area (Å²) >= 11 is 0.